The molecule has 3 unspecified atom stereocenters. The molecule has 3 atom stereocenters. The fraction of sp³-hybridized carbons (Fsp3) is 0.625. The number of hydrogen-bond donors (Lipinski definition) is 2. The Kier molecular flexibility index (Phi) is 6.08. The summed E-state index contributed by atoms with van der Waals surface area (Å²) in [5, 5.41) is 2.95. The van der Waals surface area contributed by atoms with Gasteiger partial charge in [0.25, 0.3) is 0 Å². The summed E-state index contributed by atoms with van der Waals surface area (Å²) in [6, 6.07) is 3.64. The second-order valence-electron chi connectivity index (χ2n) is 6.77. The third-order valence-corrected chi connectivity index (χ3v) is 5.21. The van der Waals surface area contributed by atoms with Gasteiger partial charge < -0.3 is 15.8 Å². The van der Waals surface area contributed by atoms with Crippen LogP contribution in [0.2, 0.25) is 0 Å². The molecule has 2 aliphatic rings. The molecule has 1 aromatic heterocycles. The van der Waals surface area contributed by atoms with Crippen LogP contribution in [-0.4, -0.2) is 29.1 Å². The first-order valence-electron chi connectivity index (χ1n) is 7.52. The van der Waals surface area contributed by atoms with E-state index in [-0.39, 0.29) is 48.2 Å². The topological polar surface area (TPSA) is 77.2 Å². The number of pyridine rings is 1. The van der Waals surface area contributed by atoms with Crippen LogP contribution in [0.5, 0.6) is 0 Å². The second kappa shape index (κ2) is 6.93. The van der Waals surface area contributed by atoms with Crippen LogP contribution < -0.4 is 11.1 Å². The van der Waals surface area contributed by atoms with E-state index in [2.05, 4.69) is 10.3 Å². The first-order chi connectivity index (χ1) is 9.87. The van der Waals surface area contributed by atoms with E-state index in [9.17, 15) is 4.79 Å². The van der Waals surface area contributed by atoms with E-state index >= 15 is 0 Å². The molecule has 0 aromatic carbocycles. The maximum absolute atomic E-state index is 12.8. The minimum absolute atomic E-state index is 0. The van der Waals surface area contributed by atoms with Crippen molar-refractivity contribution < 1.29 is 9.53 Å². The number of rotatable bonds is 2. The molecule has 1 saturated heterocycles. The average molecular weight is 362 g/mol. The van der Waals surface area contributed by atoms with Gasteiger partial charge in [0.05, 0.1) is 6.10 Å². The fourth-order valence-corrected chi connectivity index (χ4v) is 3.89. The number of nitrogens with zero attached hydrogens (tertiary/aromatic N) is 1. The van der Waals surface area contributed by atoms with E-state index in [1.807, 2.05) is 26.8 Å². The highest BCUT2D eigenvalue weighted by molar-refractivity contribution is 6.00. The van der Waals surface area contributed by atoms with E-state index in [4.69, 9.17) is 10.5 Å². The van der Waals surface area contributed by atoms with E-state index in [0.717, 1.165) is 30.8 Å². The Bertz CT molecular complexity index is 582. The highest BCUT2D eigenvalue weighted by atomic mass is 35.5. The number of anilines is 1. The molecule has 5 nitrogen and oxygen atoms in total. The van der Waals surface area contributed by atoms with Gasteiger partial charge in [-0.25, -0.2) is 0 Å². The Balaban J connectivity index is 0.00000132. The van der Waals surface area contributed by atoms with Gasteiger partial charge in [-0.1, -0.05) is 13.8 Å². The summed E-state index contributed by atoms with van der Waals surface area (Å²) in [4.78, 5) is 16.9. The van der Waals surface area contributed by atoms with Gasteiger partial charge in [-0.2, -0.15) is 0 Å². The van der Waals surface area contributed by atoms with Crippen molar-refractivity contribution >= 4 is 36.4 Å². The van der Waals surface area contributed by atoms with Crippen molar-refractivity contribution in [1.29, 1.82) is 0 Å². The maximum Gasteiger partial charge on any atom is 0.245 e. The van der Waals surface area contributed by atoms with Crippen LogP contribution in [-0.2, 0) is 9.53 Å². The molecule has 1 aliphatic carbocycles. The third kappa shape index (κ3) is 2.95. The number of amides is 1. The van der Waals surface area contributed by atoms with Gasteiger partial charge in [0.15, 0.2) is 0 Å². The summed E-state index contributed by atoms with van der Waals surface area (Å²) >= 11 is 0. The smallest absolute Gasteiger partial charge is 0.245 e. The number of nitrogens with two attached hydrogens (primary N) is 1. The summed E-state index contributed by atoms with van der Waals surface area (Å²) in [7, 11) is 0. The van der Waals surface area contributed by atoms with Crippen molar-refractivity contribution in [2.24, 2.45) is 17.1 Å². The lowest BCUT2D eigenvalue weighted by molar-refractivity contribution is -0.222. The first-order valence-corrected chi connectivity index (χ1v) is 7.52. The van der Waals surface area contributed by atoms with Crippen molar-refractivity contribution in [1.82, 2.24) is 4.98 Å². The van der Waals surface area contributed by atoms with Crippen LogP contribution in [0.4, 0.5) is 5.69 Å². The molecular formula is C16H25Cl2N3O2. The molecule has 23 heavy (non-hydrogen) atoms. The van der Waals surface area contributed by atoms with Gasteiger partial charge in [-0.3, -0.25) is 9.78 Å². The molecule has 7 heteroatoms. The predicted octanol–water partition coefficient (Wildman–Crippen LogP) is 2.70. The molecule has 0 bridgehead atoms. The molecule has 2 fully saturated rings. The number of carbonyl (C=O) groups excluding carboxylic acids is 1. The first kappa shape index (κ1) is 20.2. The highest BCUT2D eigenvalue weighted by Gasteiger charge is 2.70. The Morgan fingerprint density at radius 2 is 2.13 bits per heavy atom. The quantitative estimate of drug-likeness (QED) is 0.848. The van der Waals surface area contributed by atoms with Crippen LogP contribution in [0.3, 0.4) is 0 Å². The largest absolute Gasteiger partial charge is 0.377 e. The van der Waals surface area contributed by atoms with E-state index in [1.54, 1.807) is 12.3 Å². The van der Waals surface area contributed by atoms with Gasteiger partial charge in [-0.15, -0.1) is 24.8 Å². The fourth-order valence-electron chi connectivity index (χ4n) is 3.89. The van der Waals surface area contributed by atoms with Crippen molar-refractivity contribution in [3.63, 3.8) is 0 Å². The lowest BCUT2D eigenvalue weighted by Crippen LogP contribution is -2.81. The summed E-state index contributed by atoms with van der Waals surface area (Å²) in [5.74, 6) is -0.0194. The molecule has 0 spiro atoms. The minimum atomic E-state index is -0.880. The molecule has 0 radical (unpaired) electrons. The van der Waals surface area contributed by atoms with Crippen molar-refractivity contribution in [3.8, 4) is 0 Å². The zero-order chi connectivity index (χ0) is 15.3. The number of carbonyl (C=O) groups is 1. The lowest BCUT2D eigenvalue weighted by atomic mass is 9.46. The van der Waals surface area contributed by atoms with E-state index in [1.165, 1.54) is 0 Å². The summed E-state index contributed by atoms with van der Waals surface area (Å²) in [5.41, 5.74) is 6.93. The zero-order valence-electron chi connectivity index (χ0n) is 13.7. The molecule has 2 heterocycles. The van der Waals surface area contributed by atoms with Crippen molar-refractivity contribution in [2.75, 3.05) is 11.9 Å². The molecule has 3 N–H and O–H groups in total. The van der Waals surface area contributed by atoms with Crippen LogP contribution in [0.15, 0.2) is 18.3 Å². The number of ether oxygens (including phenoxy) is 1. The molecule has 1 amide bonds. The number of nitrogens with one attached hydrogen (secondary N) is 1. The standard InChI is InChI=1S/C16H23N3O2.2ClH/c1-10-9-11(6-7-18-10)19-14(20)16(17)12-5-4-8-21-13(12)15(16,2)3;;/h6-7,9,12-13H,4-5,8,17H2,1-3H3,(H,18,19,20);2*1H. The third-order valence-electron chi connectivity index (χ3n) is 5.21. The summed E-state index contributed by atoms with van der Waals surface area (Å²) < 4.78 is 5.84. The Hall–Kier alpha value is -0.880. The number of halogens is 2. The van der Waals surface area contributed by atoms with Gasteiger partial charge in [0, 0.05) is 35.5 Å². The van der Waals surface area contributed by atoms with Crippen molar-refractivity contribution in [2.45, 2.75) is 45.3 Å². The van der Waals surface area contributed by atoms with Gasteiger partial charge >= 0.3 is 0 Å². The molecule has 1 aliphatic heterocycles. The monoisotopic (exact) mass is 361 g/mol. The highest BCUT2D eigenvalue weighted by Crippen LogP contribution is 2.57. The van der Waals surface area contributed by atoms with Crippen LogP contribution in [0.1, 0.15) is 32.4 Å². The molecule has 1 saturated carbocycles. The molecule has 1 aromatic rings. The second-order valence-corrected chi connectivity index (χ2v) is 6.77. The van der Waals surface area contributed by atoms with Crippen molar-refractivity contribution in [3.05, 3.63) is 24.0 Å². The minimum Gasteiger partial charge on any atom is -0.377 e. The Morgan fingerprint density at radius 3 is 2.78 bits per heavy atom. The maximum atomic E-state index is 12.8. The number of aryl methyl sites for hydroxylation is 1. The summed E-state index contributed by atoms with van der Waals surface area (Å²) in [6.45, 7) is 6.71. The zero-order valence-corrected chi connectivity index (χ0v) is 15.3. The SMILES string of the molecule is Cc1cc(NC(=O)C2(N)C3CCCOC3C2(C)C)ccn1.Cl.Cl. The van der Waals surface area contributed by atoms with Gasteiger partial charge in [0.1, 0.15) is 5.54 Å². The molecule has 130 valence electrons. The number of aromatic nitrogens is 1. The lowest BCUT2D eigenvalue weighted by Gasteiger charge is -2.65. The number of fused-ring (bicyclic) bond motifs is 1. The summed E-state index contributed by atoms with van der Waals surface area (Å²) in [6.07, 6.45) is 3.69. The average Bonchev–Trinajstić information content (AvgIpc) is 2.46. The van der Waals surface area contributed by atoms with Crippen LogP contribution in [0, 0.1) is 18.3 Å². The van der Waals surface area contributed by atoms with E-state index in [0.29, 0.717) is 0 Å². The normalized spacial score (nSPS) is 30.8. The van der Waals surface area contributed by atoms with Crippen LogP contribution >= 0.6 is 24.8 Å². The molecular weight excluding hydrogens is 337 g/mol. The Morgan fingerprint density at radius 1 is 1.43 bits per heavy atom. The number of hydrogen-bond acceptors (Lipinski definition) is 4. The molecule has 3 rings (SSSR count). The van der Waals surface area contributed by atoms with E-state index < -0.39 is 5.54 Å². The van der Waals surface area contributed by atoms with Gasteiger partial charge in [0.2, 0.25) is 5.91 Å². The predicted molar refractivity (Wildman–Crippen MR) is 95.3 cm³/mol. The van der Waals surface area contributed by atoms with Gasteiger partial charge in [-0.05, 0) is 31.9 Å². The Labute approximate surface area is 149 Å². The van der Waals surface area contributed by atoms with Crippen LogP contribution in [0.25, 0.3) is 0 Å².